The van der Waals surface area contributed by atoms with E-state index in [4.69, 9.17) is 5.11 Å². The average Bonchev–Trinajstić information content (AvgIpc) is 2.26. The minimum absolute atomic E-state index is 0.0110. The Kier molecular flexibility index (Phi) is 4.80. The van der Waals surface area contributed by atoms with Crippen LogP contribution < -0.4 is 5.32 Å². The molecule has 88 valence electrons. The molecule has 16 heavy (non-hydrogen) atoms. The number of benzene rings is 1. The summed E-state index contributed by atoms with van der Waals surface area (Å²) in [7, 11) is 0. The number of carbonyl (C=O) groups excluding carboxylic acids is 1. The molecule has 4 heteroatoms. The van der Waals surface area contributed by atoms with Gasteiger partial charge in [0.1, 0.15) is 5.75 Å². The second-order valence-electron chi connectivity index (χ2n) is 4.03. The number of hydrogen-bond acceptors (Lipinski definition) is 2. The molecule has 0 fully saturated rings. The number of phenolic OH excluding ortho intramolecular Hbond substituents is 1. The van der Waals surface area contributed by atoms with E-state index in [-0.39, 0.29) is 22.4 Å². The third-order valence-corrected chi connectivity index (χ3v) is 3.71. The molecule has 1 aromatic rings. The molecule has 1 amide bonds. The number of aromatic hydroxyl groups is 1. The standard InChI is InChI=1S/C12H16BrNO2/c1-8(2)11(13)12(16)14-7-9-3-5-10(15)6-4-9/h3-6,8,11,15H,7H2,1-2H3,(H,14,16). The van der Waals surface area contributed by atoms with Gasteiger partial charge in [0.25, 0.3) is 0 Å². The van der Waals surface area contributed by atoms with Gasteiger partial charge in [0.05, 0.1) is 4.83 Å². The first-order valence-electron chi connectivity index (χ1n) is 5.20. The summed E-state index contributed by atoms with van der Waals surface area (Å²) in [6, 6.07) is 6.79. The normalized spacial score (nSPS) is 12.5. The van der Waals surface area contributed by atoms with Crippen LogP contribution in [-0.4, -0.2) is 15.8 Å². The Labute approximate surface area is 104 Å². The fraction of sp³-hybridized carbons (Fsp3) is 0.417. The van der Waals surface area contributed by atoms with Crippen molar-refractivity contribution in [1.82, 2.24) is 5.32 Å². The van der Waals surface area contributed by atoms with Gasteiger partial charge >= 0.3 is 0 Å². The third-order valence-electron chi connectivity index (χ3n) is 2.24. The first-order chi connectivity index (χ1) is 7.50. The van der Waals surface area contributed by atoms with Crippen LogP contribution in [0.5, 0.6) is 5.75 Å². The molecule has 0 saturated heterocycles. The van der Waals surface area contributed by atoms with Gasteiger partial charge in [-0.15, -0.1) is 0 Å². The number of rotatable bonds is 4. The third kappa shape index (κ3) is 3.85. The minimum Gasteiger partial charge on any atom is -0.508 e. The van der Waals surface area contributed by atoms with Gasteiger partial charge in [-0.05, 0) is 23.6 Å². The Bertz CT molecular complexity index is 349. The molecule has 0 radical (unpaired) electrons. The summed E-state index contributed by atoms with van der Waals surface area (Å²) in [6.45, 7) is 4.45. The molecule has 0 aliphatic heterocycles. The van der Waals surface area contributed by atoms with Crippen molar-refractivity contribution in [3.63, 3.8) is 0 Å². The molecule has 0 heterocycles. The van der Waals surface area contributed by atoms with Crippen LogP contribution in [0.15, 0.2) is 24.3 Å². The maximum absolute atomic E-state index is 11.6. The molecular formula is C12H16BrNO2. The molecule has 0 aromatic heterocycles. The van der Waals surface area contributed by atoms with Crippen molar-refractivity contribution >= 4 is 21.8 Å². The lowest BCUT2D eigenvalue weighted by Gasteiger charge is -2.13. The molecule has 1 aromatic carbocycles. The van der Waals surface area contributed by atoms with Crippen LogP contribution in [0.1, 0.15) is 19.4 Å². The second-order valence-corrected chi connectivity index (χ2v) is 5.02. The topological polar surface area (TPSA) is 49.3 Å². The zero-order chi connectivity index (χ0) is 12.1. The van der Waals surface area contributed by atoms with Crippen molar-refractivity contribution in [3.8, 4) is 5.75 Å². The second kappa shape index (κ2) is 5.89. The molecule has 0 aliphatic carbocycles. The molecule has 0 spiro atoms. The van der Waals surface area contributed by atoms with Gasteiger partial charge in [-0.25, -0.2) is 0 Å². The maximum Gasteiger partial charge on any atom is 0.234 e. The first kappa shape index (κ1) is 13.0. The Balaban J connectivity index is 2.46. The number of nitrogens with one attached hydrogen (secondary N) is 1. The van der Waals surface area contributed by atoms with Gasteiger partial charge < -0.3 is 10.4 Å². The smallest absolute Gasteiger partial charge is 0.234 e. The SMILES string of the molecule is CC(C)C(Br)C(=O)NCc1ccc(O)cc1. The Morgan fingerprint density at radius 2 is 1.94 bits per heavy atom. The quantitative estimate of drug-likeness (QED) is 0.835. The molecule has 1 unspecified atom stereocenters. The van der Waals surface area contributed by atoms with Gasteiger partial charge in [0.15, 0.2) is 0 Å². The van der Waals surface area contributed by atoms with E-state index in [0.717, 1.165) is 5.56 Å². The van der Waals surface area contributed by atoms with Gasteiger partial charge in [-0.2, -0.15) is 0 Å². The Morgan fingerprint density at radius 3 is 2.44 bits per heavy atom. The fourth-order valence-electron chi connectivity index (χ4n) is 1.20. The number of halogens is 1. The van der Waals surface area contributed by atoms with E-state index in [1.165, 1.54) is 0 Å². The highest BCUT2D eigenvalue weighted by Crippen LogP contribution is 2.13. The molecule has 0 aliphatic rings. The molecule has 1 atom stereocenters. The summed E-state index contributed by atoms with van der Waals surface area (Å²) in [5, 5.41) is 11.9. The molecule has 2 N–H and O–H groups in total. The van der Waals surface area contributed by atoms with Crippen LogP contribution in [0.2, 0.25) is 0 Å². The summed E-state index contributed by atoms with van der Waals surface area (Å²) >= 11 is 3.34. The number of alkyl halides is 1. The molecule has 0 bridgehead atoms. The summed E-state index contributed by atoms with van der Waals surface area (Å²) < 4.78 is 0. The zero-order valence-electron chi connectivity index (χ0n) is 9.40. The van der Waals surface area contributed by atoms with Crippen LogP contribution in [0.25, 0.3) is 0 Å². The monoisotopic (exact) mass is 285 g/mol. The highest BCUT2D eigenvalue weighted by Gasteiger charge is 2.17. The lowest BCUT2D eigenvalue weighted by atomic mass is 10.1. The van der Waals surface area contributed by atoms with Crippen LogP contribution in [0.4, 0.5) is 0 Å². The molecular weight excluding hydrogens is 270 g/mol. The summed E-state index contributed by atoms with van der Waals surface area (Å²) in [5.41, 5.74) is 0.967. The van der Waals surface area contributed by atoms with Crippen molar-refractivity contribution in [2.24, 2.45) is 5.92 Å². The van der Waals surface area contributed by atoms with E-state index in [9.17, 15) is 4.79 Å². The lowest BCUT2D eigenvalue weighted by molar-refractivity contribution is -0.121. The first-order valence-corrected chi connectivity index (χ1v) is 6.12. The average molecular weight is 286 g/mol. The van der Waals surface area contributed by atoms with Crippen molar-refractivity contribution in [1.29, 1.82) is 0 Å². The Morgan fingerprint density at radius 1 is 1.38 bits per heavy atom. The maximum atomic E-state index is 11.6. The van der Waals surface area contributed by atoms with Crippen molar-refractivity contribution < 1.29 is 9.90 Å². The predicted octanol–water partition coefficient (Wildman–Crippen LogP) is 2.43. The van der Waals surface area contributed by atoms with E-state index in [1.807, 2.05) is 13.8 Å². The molecule has 1 rings (SSSR count). The van der Waals surface area contributed by atoms with Gasteiger partial charge in [0, 0.05) is 6.54 Å². The highest BCUT2D eigenvalue weighted by molar-refractivity contribution is 9.10. The van der Waals surface area contributed by atoms with Crippen LogP contribution in [-0.2, 0) is 11.3 Å². The Hall–Kier alpha value is -1.03. The predicted molar refractivity (Wildman–Crippen MR) is 67.5 cm³/mol. The lowest BCUT2D eigenvalue weighted by Crippen LogP contribution is -2.33. The van der Waals surface area contributed by atoms with Crippen molar-refractivity contribution in [2.45, 2.75) is 25.2 Å². The summed E-state index contributed by atoms with van der Waals surface area (Å²) in [6.07, 6.45) is 0. The molecule has 0 saturated carbocycles. The number of carbonyl (C=O) groups is 1. The van der Waals surface area contributed by atoms with Crippen LogP contribution in [0.3, 0.4) is 0 Å². The van der Waals surface area contributed by atoms with E-state index in [0.29, 0.717) is 6.54 Å². The largest absolute Gasteiger partial charge is 0.508 e. The minimum atomic E-state index is -0.162. The van der Waals surface area contributed by atoms with Gasteiger partial charge in [-0.1, -0.05) is 41.9 Å². The van der Waals surface area contributed by atoms with Crippen molar-refractivity contribution in [2.75, 3.05) is 0 Å². The highest BCUT2D eigenvalue weighted by atomic mass is 79.9. The van der Waals surface area contributed by atoms with E-state index in [1.54, 1.807) is 24.3 Å². The van der Waals surface area contributed by atoms with Gasteiger partial charge in [-0.3, -0.25) is 4.79 Å². The van der Waals surface area contributed by atoms with Crippen LogP contribution in [0, 0.1) is 5.92 Å². The summed E-state index contributed by atoms with van der Waals surface area (Å²) in [5.74, 6) is 0.485. The van der Waals surface area contributed by atoms with E-state index in [2.05, 4.69) is 21.2 Å². The van der Waals surface area contributed by atoms with E-state index < -0.39 is 0 Å². The molecule has 3 nitrogen and oxygen atoms in total. The number of hydrogen-bond donors (Lipinski definition) is 2. The number of amides is 1. The van der Waals surface area contributed by atoms with E-state index >= 15 is 0 Å². The van der Waals surface area contributed by atoms with Gasteiger partial charge in [0.2, 0.25) is 5.91 Å². The van der Waals surface area contributed by atoms with Crippen molar-refractivity contribution in [3.05, 3.63) is 29.8 Å². The fourth-order valence-corrected chi connectivity index (χ4v) is 1.37. The number of phenols is 1. The van der Waals surface area contributed by atoms with Crippen LogP contribution >= 0.6 is 15.9 Å². The zero-order valence-corrected chi connectivity index (χ0v) is 11.0. The summed E-state index contributed by atoms with van der Waals surface area (Å²) in [4.78, 5) is 11.5.